The molecule has 5 aromatic rings. The van der Waals surface area contributed by atoms with E-state index < -0.39 is 5.91 Å². The molecule has 0 aliphatic carbocycles. The van der Waals surface area contributed by atoms with Crippen LogP contribution in [0.4, 0.5) is 17.3 Å². The van der Waals surface area contributed by atoms with Crippen molar-refractivity contribution in [3.05, 3.63) is 113 Å². The van der Waals surface area contributed by atoms with Crippen molar-refractivity contribution in [3.8, 4) is 34.0 Å². The zero-order valence-electron chi connectivity index (χ0n) is 26.1. The Morgan fingerprint density at radius 1 is 0.711 bits per heavy atom. The topological polar surface area (TPSA) is 151 Å². The number of carbonyl (C=O) groups excluding carboxylic acids is 1. The number of benzene rings is 3. The summed E-state index contributed by atoms with van der Waals surface area (Å²) < 4.78 is 11.0. The lowest BCUT2D eigenvalue weighted by Gasteiger charge is -2.14. The molecule has 0 spiro atoms. The number of ether oxygens (including phenoxy) is 2. The lowest BCUT2D eigenvalue weighted by molar-refractivity contribution is -0.119. The molecule has 232 valence electrons. The molecule has 3 aromatic carbocycles. The van der Waals surface area contributed by atoms with E-state index in [-0.39, 0.29) is 6.61 Å². The van der Waals surface area contributed by atoms with Crippen molar-refractivity contribution in [2.45, 2.75) is 27.7 Å². The number of nitrogens with one attached hydrogen (secondary N) is 1. The first-order chi connectivity index (χ1) is 21.6. The highest BCUT2D eigenvalue weighted by Gasteiger charge is 2.12. The van der Waals surface area contributed by atoms with E-state index >= 15 is 0 Å². The molecular formula is C36H40N6O3. The van der Waals surface area contributed by atoms with Gasteiger partial charge in [-0.25, -0.2) is 9.97 Å². The average molecular weight is 605 g/mol. The first-order valence-electron chi connectivity index (χ1n) is 14.6. The van der Waals surface area contributed by atoms with E-state index in [2.05, 4.69) is 24.1 Å². The molecule has 45 heavy (non-hydrogen) atoms. The van der Waals surface area contributed by atoms with Crippen molar-refractivity contribution in [2.75, 3.05) is 30.8 Å². The summed E-state index contributed by atoms with van der Waals surface area (Å²) in [6.45, 7) is 8.98. The van der Waals surface area contributed by atoms with Gasteiger partial charge in [-0.3, -0.25) is 4.79 Å². The maximum absolute atomic E-state index is 10.7. The van der Waals surface area contributed by atoms with Crippen molar-refractivity contribution in [1.29, 1.82) is 0 Å². The van der Waals surface area contributed by atoms with Crippen LogP contribution in [-0.2, 0) is 4.79 Å². The second-order valence-electron chi connectivity index (χ2n) is 10.6. The molecule has 0 atom stereocenters. The highest BCUT2D eigenvalue weighted by atomic mass is 16.5. The summed E-state index contributed by atoms with van der Waals surface area (Å²) in [6, 6.07) is 29.4. The van der Waals surface area contributed by atoms with Crippen molar-refractivity contribution >= 4 is 23.2 Å². The summed E-state index contributed by atoms with van der Waals surface area (Å²) in [7, 11) is 0. The standard InChI is InChI=1S/C21H23N3O.C15H17N3O2/c1-15-13-18(25-12-11-22)14-16(2)21(15)19-9-6-10-20(24-19)23-17-7-4-3-5-8-17;1-9-6-11(20-8-14(17)19)7-10(2)15(9)12-4-3-5-13(16)18-12/h3-10,13-14H,11-12,22H2,1-2H3,(H,23,24);3-7H,8H2,1-2H3,(H2,16,18)(H2,17,19). The van der Waals surface area contributed by atoms with Crippen LogP contribution in [0.5, 0.6) is 11.5 Å². The van der Waals surface area contributed by atoms with Crippen LogP contribution in [-0.4, -0.2) is 35.6 Å². The first-order valence-corrected chi connectivity index (χ1v) is 14.6. The van der Waals surface area contributed by atoms with Crippen LogP contribution in [0, 0.1) is 27.7 Å². The SMILES string of the molecule is Cc1cc(OCC(N)=O)cc(C)c1-c1cccc(N)n1.Cc1cc(OCCN)cc(C)c1-c1cccc(Nc2ccccc2)n1. The lowest BCUT2D eigenvalue weighted by Crippen LogP contribution is -2.20. The molecule has 1 amide bonds. The summed E-state index contributed by atoms with van der Waals surface area (Å²) in [4.78, 5) is 19.9. The number of aryl methyl sites for hydroxylation is 4. The van der Waals surface area contributed by atoms with Gasteiger partial charge in [0, 0.05) is 23.4 Å². The Morgan fingerprint density at radius 3 is 1.78 bits per heavy atom. The number of anilines is 3. The summed E-state index contributed by atoms with van der Waals surface area (Å²) in [5, 5.41) is 3.34. The molecule has 0 fully saturated rings. The number of aromatic nitrogens is 2. The molecular weight excluding hydrogens is 564 g/mol. The van der Waals surface area contributed by atoms with Crippen LogP contribution in [0.15, 0.2) is 91.0 Å². The van der Waals surface area contributed by atoms with Crippen molar-refractivity contribution in [3.63, 3.8) is 0 Å². The van der Waals surface area contributed by atoms with Crippen LogP contribution in [0.2, 0.25) is 0 Å². The monoisotopic (exact) mass is 604 g/mol. The van der Waals surface area contributed by atoms with Crippen LogP contribution in [0.25, 0.3) is 22.5 Å². The summed E-state index contributed by atoms with van der Waals surface area (Å²) in [5.74, 6) is 2.28. The van der Waals surface area contributed by atoms with Gasteiger partial charge in [0.2, 0.25) is 0 Å². The Balaban J connectivity index is 0.000000210. The average Bonchev–Trinajstić information content (AvgIpc) is 2.99. The highest BCUT2D eigenvalue weighted by molar-refractivity contribution is 5.76. The zero-order valence-corrected chi connectivity index (χ0v) is 26.1. The normalized spacial score (nSPS) is 10.4. The Bertz CT molecular complexity index is 1710. The molecule has 7 N–H and O–H groups in total. The summed E-state index contributed by atoms with van der Waals surface area (Å²) in [5.41, 5.74) is 25.5. The number of hydrogen-bond donors (Lipinski definition) is 4. The summed E-state index contributed by atoms with van der Waals surface area (Å²) in [6.07, 6.45) is 0. The van der Waals surface area contributed by atoms with Crippen LogP contribution in [0.3, 0.4) is 0 Å². The number of amides is 1. The van der Waals surface area contributed by atoms with Crippen molar-refractivity contribution in [2.24, 2.45) is 11.5 Å². The summed E-state index contributed by atoms with van der Waals surface area (Å²) >= 11 is 0. The van der Waals surface area contributed by atoms with Gasteiger partial charge in [-0.2, -0.15) is 0 Å². The van der Waals surface area contributed by atoms with E-state index in [9.17, 15) is 4.79 Å². The Kier molecular flexibility index (Phi) is 11.1. The molecule has 0 bridgehead atoms. The smallest absolute Gasteiger partial charge is 0.255 e. The largest absolute Gasteiger partial charge is 0.492 e. The van der Waals surface area contributed by atoms with Crippen LogP contribution < -0.4 is 32.0 Å². The highest BCUT2D eigenvalue weighted by Crippen LogP contribution is 2.32. The Morgan fingerprint density at radius 2 is 1.24 bits per heavy atom. The fourth-order valence-corrected chi connectivity index (χ4v) is 5.06. The van der Waals surface area contributed by atoms with E-state index in [4.69, 9.17) is 31.7 Å². The van der Waals surface area contributed by atoms with Gasteiger partial charge in [0.15, 0.2) is 6.61 Å². The van der Waals surface area contributed by atoms with Gasteiger partial charge in [0.05, 0.1) is 11.4 Å². The van der Waals surface area contributed by atoms with Gasteiger partial charge in [0.25, 0.3) is 5.91 Å². The quantitative estimate of drug-likeness (QED) is 0.146. The minimum absolute atomic E-state index is 0.130. The second-order valence-corrected chi connectivity index (χ2v) is 10.6. The number of nitrogens with zero attached hydrogens (tertiary/aromatic N) is 2. The maximum Gasteiger partial charge on any atom is 0.255 e. The fraction of sp³-hybridized carbons (Fsp3) is 0.194. The van der Waals surface area contributed by atoms with Gasteiger partial charge in [-0.15, -0.1) is 0 Å². The molecule has 0 radical (unpaired) electrons. The number of carbonyl (C=O) groups is 1. The van der Waals surface area contributed by atoms with E-state index in [1.165, 1.54) is 0 Å². The van der Waals surface area contributed by atoms with Crippen LogP contribution >= 0.6 is 0 Å². The molecule has 2 aromatic heterocycles. The minimum atomic E-state index is -0.498. The maximum atomic E-state index is 10.7. The number of nitrogens with two attached hydrogens (primary N) is 3. The number of pyridine rings is 2. The van der Waals surface area contributed by atoms with Gasteiger partial charge < -0.3 is 32.0 Å². The molecule has 0 saturated heterocycles. The predicted octanol–water partition coefficient (Wildman–Crippen LogP) is 6.26. The molecule has 0 aliphatic rings. The first kappa shape index (κ1) is 32.5. The van der Waals surface area contributed by atoms with E-state index in [0.29, 0.717) is 24.7 Å². The van der Waals surface area contributed by atoms with Gasteiger partial charge in [-0.1, -0.05) is 30.3 Å². The second kappa shape index (κ2) is 15.4. The molecule has 0 aliphatic heterocycles. The third-order valence-corrected chi connectivity index (χ3v) is 6.86. The molecule has 5 rings (SSSR count). The number of nitrogen functional groups attached to an aromatic ring is 1. The fourth-order valence-electron chi connectivity index (χ4n) is 5.06. The van der Waals surface area contributed by atoms with Gasteiger partial charge in [-0.05, 0) is 111 Å². The van der Waals surface area contributed by atoms with E-state index in [1.54, 1.807) is 6.07 Å². The Labute approximate surface area is 264 Å². The third-order valence-electron chi connectivity index (χ3n) is 6.86. The van der Waals surface area contributed by atoms with Crippen molar-refractivity contribution < 1.29 is 14.3 Å². The molecule has 0 unspecified atom stereocenters. The predicted molar refractivity (Wildman–Crippen MR) is 182 cm³/mol. The van der Waals surface area contributed by atoms with Gasteiger partial charge in [0.1, 0.15) is 29.7 Å². The molecule has 9 heteroatoms. The van der Waals surface area contributed by atoms with E-state index in [1.807, 2.05) is 98.8 Å². The van der Waals surface area contributed by atoms with Crippen LogP contribution in [0.1, 0.15) is 22.3 Å². The number of primary amides is 1. The van der Waals surface area contributed by atoms with Gasteiger partial charge >= 0.3 is 0 Å². The molecule has 0 saturated carbocycles. The van der Waals surface area contributed by atoms with Crippen molar-refractivity contribution in [1.82, 2.24) is 9.97 Å². The molecule has 9 nitrogen and oxygen atoms in total. The number of hydrogen-bond acceptors (Lipinski definition) is 8. The minimum Gasteiger partial charge on any atom is -0.492 e. The third kappa shape index (κ3) is 9.04. The molecule has 2 heterocycles. The van der Waals surface area contributed by atoms with E-state index in [0.717, 1.165) is 62.0 Å². The number of para-hydroxylation sites is 1. The Hall–Kier alpha value is -5.41. The zero-order chi connectivity index (χ0) is 32.3. The lowest BCUT2D eigenvalue weighted by atomic mass is 9.99. The number of rotatable bonds is 10.